The molecule has 4 aromatic carbocycles. The number of nitrogens with one attached hydrogen (secondary N) is 1. The first-order valence-corrected chi connectivity index (χ1v) is 13.9. The zero-order valence-electron chi connectivity index (χ0n) is 20.4. The van der Waals surface area contributed by atoms with E-state index in [-0.39, 0.29) is 18.9 Å². The van der Waals surface area contributed by atoms with Crippen molar-refractivity contribution in [1.82, 2.24) is 5.43 Å². The van der Waals surface area contributed by atoms with E-state index in [0.717, 1.165) is 11.1 Å². The van der Waals surface area contributed by atoms with Crippen LogP contribution >= 0.6 is 55.1 Å². The van der Waals surface area contributed by atoms with Gasteiger partial charge in [0.25, 0.3) is 11.6 Å². The smallest absolute Gasteiger partial charge is 0.275 e. The summed E-state index contributed by atoms with van der Waals surface area (Å²) in [5, 5.41) is 15.9. The number of hydrazone groups is 1. The maximum Gasteiger partial charge on any atom is 0.275 e. The molecule has 0 bridgehead atoms. The number of para-hydroxylation sites is 1. The number of carbonyl (C=O) groups is 1. The molecule has 0 aliphatic rings. The van der Waals surface area contributed by atoms with Gasteiger partial charge in [0, 0.05) is 27.7 Å². The van der Waals surface area contributed by atoms with Crippen molar-refractivity contribution >= 4 is 72.9 Å². The van der Waals surface area contributed by atoms with Crippen LogP contribution in [0.2, 0.25) is 10.0 Å². The fourth-order valence-corrected chi connectivity index (χ4v) is 5.38. The quantitative estimate of drug-likeness (QED) is 0.101. The second kappa shape index (κ2) is 13.8. The minimum atomic E-state index is -0.452. The molecule has 0 fully saturated rings. The Kier molecular flexibility index (Phi) is 10.2. The molecule has 204 valence electrons. The minimum absolute atomic E-state index is 0.0145. The van der Waals surface area contributed by atoms with Crippen LogP contribution in [0.1, 0.15) is 27.0 Å². The second-order valence-corrected chi connectivity index (χ2v) is 10.8. The van der Waals surface area contributed by atoms with Gasteiger partial charge in [0.05, 0.1) is 25.6 Å². The van der Waals surface area contributed by atoms with Gasteiger partial charge < -0.3 is 9.47 Å². The van der Waals surface area contributed by atoms with Gasteiger partial charge >= 0.3 is 0 Å². The van der Waals surface area contributed by atoms with Gasteiger partial charge in [-0.2, -0.15) is 5.10 Å². The van der Waals surface area contributed by atoms with Crippen LogP contribution in [0.3, 0.4) is 0 Å². The lowest BCUT2D eigenvalue weighted by atomic mass is 10.2. The highest BCUT2D eigenvalue weighted by Crippen LogP contribution is 2.35. The van der Waals surface area contributed by atoms with Crippen molar-refractivity contribution in [2.24, 2.45) is 5.10 Å². The van der Waals surface area contributed by atoms with Crippen LogP contribution in [0.5, 0.6) is 11.5 Å². The van der Waals surface area contributed by atoms with Crippen molar-refractivity contribution in [3.63, 3.8) is 0 Å². The van der Waals surface area contributed by atoms with Gasteiger partial charge in [0.15, 0.2) is 0 Å². The van der Waals surface area contributed by atoms with Gasteiger partial charge in [0.2, 0.25) is 0 Å². The first-order chi connectivity index (χ1) is 19.2. The van der Waals surface area contributed by atoms with E-state index in [2.05, 4.69) is 42.4 Å². The van der Waals surface area contributed by atoms with Crippen molar-refractivity contribution in [3.05, 3.63) is 130 Å². The SMILES string of the molecule is O=C(N/N=C/c1cc(Br)c(OCc2ccc([N+](=O)[O-])cc2)c(Br)c1)c1ccccc1OCc1ccc(Cl)cc1Cl. The maximum absolute atomic E-state index is 12.8. The molecule has 0 saturated heterocycles. The fourth-order valence-electron chi connectivity index (χ4n) is 3.46. The van der Waals surface area contributed by atoms with Crippen molar-refractivity contribution in [2.45, 2.75) is 13.2 Å². The molecule has 0 spiro atoms. The molecule has 0 radical (unpaired) electrons. The van der Waals surface area contributed by atoms with Crippen molar-refractivity contribution in [2.75, 3.05) is 0 Å². The molecular weight excluding hydrogens is 689 g/mol. The number of hydrogen-bond acceptors (Lipinski definition) is 6. The average Bonchev–Trinajstić information content (AvgIpc) is 2.92. The molecule has 4 rings (SSSR count). The number of nitro groups is 1. The summed E-state index contributed by atoms with van der Waals surface area (Å²) in [6.45, 7) is 0.370. The number of amides is 1. The van der Waals surface area contributed by atoms with E-state index in [1.807, 2.05) is 0 Å². The molecule has 8 nitrogen and oxygen atoms in total. The summed E-state index contributed by atoms with van der Waals surface area (Å²) < 4.78 is 13.0. The number of carbonyl (C=O) groups excluding carboxylic acids is 1. The number of ether oxygens (including phenoxy) is 2. The predicted octanol–water partition coefficient (Wildman–Crippen LogP) is 8.35. The second-order valence-electron chi connectivity index (χ2n) is 8.25. The van der Waals surface area contributed by atoms with E-state index in [9.17, 15) is 14.9 Å². The molecule has 4 aromatic rings. The summed E-state index contributed by atoms with van der Waals surface area (Å²) in [5.74, 6) is 0.475. The first-order valence-electron chi connectivity index (χ1n) is 11.6. The molecule has 0 aromatic heterocycles. The molecule has 0 saturated carbocycles. The molecule has 0 aliphatic carbocycles. The Balaban J connectivity index is 1.37. The maximum atomic E-state index is 12.8. The molecule has 0 aliphatic heterocycles. The third-order valence-corrected chi connectivity index (χ3v) is 7.23. The standard InChI is InChI=1S/C28H19Br2Cl2N3O5/c29-23-11-18(12-24(30)27(23)40-15-17-5-9-21(10-6-17)35(37)38)14-33-34-28(36)22-3-1-2-4-26(22)39-16-19-7-8-20(31)13-25(19)32/h1-14H,15-16H2,(H,34,36)/b33-14+. The van der Waals surface area contributed by atoms with E-state index in [4.69, 9.17) is 32.7 Å². The van der Waals surface area contributed by atoms with Gasteiger partial charge in [-0.1, -0.05) is 41.4 Å². The monoisotopic (exact) mass is 705 g/mol. The van der Waals surface area contributed by atoms with E-state index in [1.54, 1.807) is 66.7 Å². The third kappa shape index (κ3) is 7.82. The lowest BCUT2D eigenvalue weighted by Crippen LogP contribution is -2.18. The number of halogens is 4. The highest BCUT2D eigenvalue weighted by Gasteiger charge is 2.13. The molecule has 40 heavy (non-hydrogen) atoms. The Morgan fingerprint density at radius 3 is 2.33 bits per heavy atom. The Hall–Kier alpha value is -3.44. The van der Waals surface area contributed by atoms with Gasteiger partial charge in [-0.15, -0.1) is 0 Å². The van der Waals surface area contributed by atoms with E-state index >= 15 is 0 Å². The zero-order valence-corrected chi connectivity index (χ0v) is 25.1. The zero-order chi connectivity index (χ0) is 28.6. The molecule has 12 heteroatoms. The number of hydrogen-bond donors (Lipinski definition) is 1. The number of nitrogens with zero attached hydrogens (tertiary/aromatic N) is 2. The number of rotatable bonds is 10. The minimum Gasteiger partial charge on any atom is -0.488 e. The Morgan fingerprint density at radius 1 is 0.950 bits per heavy atom. The van der Waals surface area contributed by atoms with E-state index < -0.39 is 10.8 Å². The summed E-state index contributed by atoms with van der Waals surface area (Å²) >= 11 is 19.1. The van der Waals surface area contributed by atoms with Crippen LogP contribution in [-0.2, 0) is 13.2 Å². The normalized spacial score (nSPS) is 10.9. The molecule has 1 N–H and O–H groups in total. The van der Waals surface area contributed by atoms with Crippen LogP contribution in [0, 0.1) is 10.1 Å². The predicted molar refractivity (Wildman–Crippen MR) is 162 cm³/mol. The summed E-state index contributed by atoms with van der Waals surface area (Å²) in [6, 6.07) is 21.6. The van der Waals surface area contributed by atoms with Crippen LogP contribution in [-0.4, -0.2) is 17.0 Å². The molecular formula is C28H19Br2Cl2N3O5. The third-order valence-electron chi connectivity index (χ3n) is 5.46. The largest absolute Gasteiger partial charge is 0.488 e. The summed E-state index contributed by atoms with van der Waals surface area (Å²) in [7, 11) is 0. The topological polar surface area (TPSA) is 103 Å². The van der Waals surface area contributed by atoms with Crippen LogP contribution in [0.15, 0.2) is 92.9 Å². The van der Waals surface area contributed by atoms with Crippen molar-refractivity contribution < 1.29 is 19.2 Å². The Bertz CT molecular complexity index is 1560. The molecule has 1 amide bonds. The number of benzene rings is 4. The summed E-state index contributed by atoms with van der Waals surface area (Å²) in [4.78, 5) is 23.2. The molecule has 0 atom stereocenters. The van der Waals surface area contributed by atoms with Crippen molar-refractivity contribution in [3.8, 4) is 11.5 Å². The van der Waals surface area contributed by atoms with E-state index in [1.165, 1.54) is 18.3 Å². The first kappa shape index (κ1) is 29.5. The Labute approximate surface area is 256 Å². The molecule has 0 unspecified atom stereocenters. The van der Waals surface area contributed by atoms with Crippen LogP contribution in [0.4, 0.5) is 5.69 Å². The van der Waals surface area contributed by atoms with Gasteiger partial charge in [-0.3, -0.25) is 14.9 Å². The lowest BCUT2D eigenvalue weighted by molar-refractivity contribution is -0.384. The lowest BCUT2D eigenvalue weighted by Gasteiger charge is -2.12. The fraction of sp³-hybridized carbons (Fsp3) is 0.0714. The highest BCUT2D eigenvalue weighted by atomic mass is 79.9. The number of non-ortho nitro benzene ring substituents is 1. The summed E-state index contributed by atoms with van der Waals surface area (Å²) in [5.41, 5.74) is 5.03. The number of nitro benzene ring substituents is 1. The van der Waals surface area contributed by atoms with Gasteiger partial charge in [-0.05, 0) is 91.5 Å². The highest BCUT2D eigenvalue weighted by molar-refractivity contribution is 9.11. The van der Waals surface area contributed by atoms with Gasteiger partial charge in [0.1, 0.15) is 24.7 Å². The van der Waals surface area contributed by atoms with Crippen molar-refractivity contribution in [1.29, 1.82) is 0 Å². The van der Waals surface area contributed by atoms with Crippen LogP contribution in [0.25, 0.3) is 0 Å². The van der Waals surface area contributed by atoms with Crippen LogP contribution < -0.4 is 14.9 Å². The van der Waals surface area contributed by atoms with Gasteiger partial charge in [-0.25, -0.2) is 5.43 Å². The summed E-state index contributed by atoms with van der Waals surface area (Å²) in [6.07, 6.45) is 1.49. The van der Waals surface area contributed by atoms with E-state index in [0.29, 0.717) is 41.6 Å². The average molecular weight is 708 g/mol. The Morgan fingerprint density at radius 2 is 1.65 bits per heavy atom. The molecule has 0 heterocycles.